The first kappa shape index (κ1) is 12.8. The van der Waals surface area contributed by atoms with Gasteiger partial charge < -0.3 is 0 Å². The summed E-state index contributed by atoms with van der Waals surface area (Å²) < 4.78 is 0. The summed E-state index contributed by atoms with van der Waals surface area (Å²) in [6.07, 6.45) is 2.52. The van der Waals surface area contributed by atoms with Gasteiger partial charge in [0.25, 0.3) is 0 Å². The Kier molecular flexibility index (Phi) is 4.39. The van der Waals surface area contributed by atoms with Gasteiger partial charge in [0.15, 0.2) is 0 Å². The van der Waals surface area contributed by atoms with Crippen molar-refractivity contribution in [2.75, 3.05) is 0 Å². The molecule has 0 spiro atoms. The molecule has 0 N–H and O–H groups in total. The van der Waals surface area contributed by atoms with Crippen LogP contribution in [0.4, 0.5) is 0 Å². The summed E-state index contributed by atoms with van der Waals surface area (Å²) in [6.45, 7) is 13.8. The maximum absolute atomic E-state index is 2.33. The Labute approximate surface area is 98.7 Å². The molecule has 0 radical (unpaired) electrons. The molecule has 0 saturated heterocycles. The van der Waals surface area contributed by atoms with Crippen molar-refractivity contribution < 1.29 is 0 Å². The number of hydrogen-bond donors (Lipinski definition) is 0. The first-order valence-electron chi connectivity index (χ1n) is 6.11. The van der Waals surface area contributed by atoms with Gasteiger partial charge in [0, 0.05) is 9.75 Å². The molecule has 0 aliphatic carbocycles. The maximum Gasteiger partial charge on any atom is 0.00855 e. The van der Waals surface area contributed by atoms with Gasteiger partial charge in [-0.3, -0.25) is 0 Å². The fraction of sp³-hybridized carbons (Fsp3) is 0.714. The smallest absolute Gasteiger partial charge is 0.00855 e. The van der Waals surface area contributed by atoms with Crippen molar-refractivity contribution in [1.82, 2.24) is 0 Å². The third-order valence-electron chi connectivity index (χ3n) is 2.88. The van der Waals surface area contributed by atoms with Crippen LogP contribution in [-0.2, 0) is 6.42 Å². The van der Waals surface area contributed by atoms with Crippen LogP contribution in [0.15, 0.2) is 0 Å². The molecular weight excluding hydrogens is 200 g/mol. The number of rotatable bonds is 4. The van der Waals surface area contributed by atoms with Gasteiger partial charge in [-0.1, -0.05) is 41.0 Å². The lowest BCUT2D eigenvalue weighted by atomic mass is 9.90. The summed E-state index contributed by atoms with van der Waals surface area (Å²) in [4.78, 5) is 3.17. The lowest BCUT2D eigenvalue weighted by Crippen LogP contribution is -1.99. The molecule has 0 atom stereocenters. The van der Waals surface area contributed by atoms with Crippen molar-refractivity contribution in [1.29, 1.82) is 0 Å². The van der Waals surface area contributed by atoms with Crippen LogP contribution in [-0.4, -0.2) is 0 Å². The minimum atomic E-state index is 0.671. The predicted molar refractivity (Wildman–Crippen MR) is 71.2 cm³/mol. The van der Waals surface area contributed by atoms with E-state index >= 15 is 0 Å². The van der Waals surface area contributed by atoms with E-state index in [1.54, 1.807) is 16.0 Å². The molecule has 0 saturated carbocycles. The van der Waals surface area contributed by atoms with Crippen LogP contribution in [0.25, 0.3) is 0 Å². The third-order valence-corrected chi connectivity index (χ3v) is 4.07. The van der Waals surface area contributed by atoms with E-state index in [0.29, 0.717) is 11.8 Å². The van der Waals surface area contributed by atoms with Gasteiger partial charge in [-0.15, -0.1) is 11.3 Å². The lowest BCUT2D eigenvalue weighted by molar-refractivity contribution is 0.777. The lowest BCUT2D eigenvalue weighted by Gasteiger charge is -2.14. The van der Waals surface area contributed by atoms with Gasteiger partial charge >= 0.3 is 0 Å². The van der Waals surface area contributed by atoms with Crippen LogP contribution in [0.3, 0.4) is 0 Å². The highest BCUT2D eigenvalue weighted by atomic mass is 32.1. The monoisotopic (exact) mass is 224 g/mol. The Morgan fingerprint density at radius 3 is 1.93 bits per heavy atom. The van der Waals surface area contributed by atoms with Crippen molar-refractivity contribution in [2.24, 2.45) is 0 Å². The van der Waals surface area contributed by atoms with E-state index in [1.165, 1.54) is 17.7 Å². The number of hydrogen-bond acceptors (Lipinski definition) is 1. The summed E-state index contributed by atoms with van der Waals surface area (Å²) in [5.41, 5.74) is 3.27. The van der Waals surface area contributed by atoms with Gasteiger partial charge in [-0.25, -0.2) is 0 Å². The number of aryl methyl sites for hydroxylation is 2. The molecular formula is C14H24S. The molecule has 0 bridgehead atoms. The molecule has 86 valence electrons. The zero-order valence-corrected chi connectivity index (χ0v) is 11.8. The molecule has 0 aliphatic rings. The molecule has 0 aromatic carbocycles. The van der Waals surface area contributed by atoms with Crippen LogP contribution < -0.4 is 0 Å². The fourth-order valence-corrected chi connectivity index (χ4v) is 3.98. The summed E-state index contributed by atoms with van der Waals surface area (Å²) in [7, 11) is 0. The van der Waals surface area contributed by atoms with Gasteiger partial charge in [0.1, 0.15) is 0 Å². The molecule has 0 unspecified atom stereocenters. The molecule has 1 heteroatoms. The van der Waals surface area contributed by atoms with Crippen molar-refractivity contribution in [3.63, 3.8) is 0 Å². The molecule has 1 heterocycles. The molecule has 0 aliphatic heterocycles. The second kappa shape index (κ2) is 5.16. The van der Waals surface area contributed by atoms with Crippen LogP contribution in [0.1, 0.15) is 73.8 Å². The Morgan fingerprint density at radius 2 is 1.53 bits per heavy atom. The summed E-state index contributed by atoms with van der Waals surface area (Å²) in [5.74, 6) is 1.35. The summed E-state index contributed by atoms with van der Waals surface area (Å²) >= 11 is 2.02. The molecule has 0 fully saturated rings. The van der Waals surface area contributed by atoms with Crippen molar-refractivity contribution in [2.45, 2.75) is 66.2 Å². The molecule has 1 rings (SSSR count). The second-order valence-electron chi connectivity index (χ2n) is 4.97. The van der Waals surface area contributed by atoms with Crippen molar-refractivity contribution in [3.05, 3.63) is 20.9 Å². The van der Waals surface area contributed by atoms with E-state index in [0.717, 1.165) is 0 Å². The topological polar surface area (TPSA) is 0 Å². The summed E-state index contributed by atoms with van der Waals surface area (Å²) in [6, 6.07) is 0. The first-order chi connectivity index (χ1) is 6.99. The van der Waals surface area contributed by atoms with Gasteiger partial charge in [0.2, 0.25) is 0 Å². The van der Waals surface area contributed by atoms with Crippen LogP contribution in [0.2, 0.25) is 0 Å². The van der Waals surface area contributed by atoms with E-state index in [-0.39, 0.29) is 0 Å². The minimum Gasteiger partial charge on any atom is -0.145 e. The Morgan fingerprint density at radius 1 is 1.00 bits per heavy atom. The molecule has 1 aromatic heterocycles. The zero-order valence-electron chi connectivity index (χ0n) is 11.0. The first-order valence-corrected chi connectivity index (χ1v) is 6.92. The average Bonchev–Trinajstić information content (AvgIpc) is 2.42. The molecule has 15 heavy (non-hydrogen) atoms. The largest absolute Gasteiger partial charge is 0.145 e. The predicted octanol–water partition coefficient (Wildman–Crippen LogP) is 5.26. The normalized spacial score (nSPS) is 11.7. The highest BCUT2D eigenvalue weighted by Crippen LogP contribution is 2.38. The van der Waals surface area contributed by atoms with Gasteiger partial charge in [0.05, 0.1) is 0 Å². The van der Waals surface area contributed by atoms with Crippen molar-refractivity contribution in [3.8, 4) is 0 Å². The summed E-state index contributed by atoms with van der Waals surface area (Å²) in [5, 5.41) is 0. The molecule has 0 amide bonds. The van der Waals surface area contributed by atoms with E-state index in [2.05, 4.69) is 41.5 Å². The van der Waals surface area contributed by atoms with E-state index in [1.807, 2.05) is 11.3 Å². The second-order valence-corrected chi connectivity index (χ2v) is 6.28. The average molecular weight is 224 g/mol. The highest BCUT2D eigenvalue weighted by molar-refractivity contribution is 7.12. The van der Waals surface area contributed by atoms with Crippen molar-refractivity contribution >= 4 is 11.3 Å². The Bertz CT molecular complexity index is 318. The quantitative estimate of drug-likeness (QED) is 0.654. The fourth-order valence-electron chi connectivity index (χ4n) is 2.40. The maximum atomic E-state index is 2.33. The molecule has 1 aromatic rings. The Balaban J connectivity index is 3.24. The Hall–Kier alpha value is -0.300. The molecule has 0 nitrogen and oxygen atoms in total. The highest BCUT2D eigenvalue weighted by Gasteiger charge is 2.19. The minimum absolute atomic E-state index is 0.671. The SMILES string of the molecule is CCCc1sc(C)c(C(C)C)c1C(C)C. The third kappa shape index (κ3) is 2.63. The van der Waals surface area contributed by atoms with E-state index in [4.69, 9.17) is 0 Å². The number of thiophene rings is 1. The van der Waals surface area contributed by atoms with E-state index in [9.17, 15) is 0 Å². The standard InChI is InChI=1S/C14H24S/c1-7-8-12-14(10(4)5)13(9(2)3)11(6)15-12/h9-10H,7-8H2,1-6H3. The van der Waals surface area contributed by atoms with Gasteiger partial charge in [-0.2, -0.15) is 0 Å². The zero-order chi connectivity index (χ0) is 11.6. The van der Waals surface area contributed by atoms with Gasteiger partial charge in [-0.05, 0) is 36.3 Å². The van der Waals surface area contributed by atoms with Crippen LogP contribution >= 0.6 is 11.3 Å². The van der Waals surface area contributed by atoms with Crippen LogP contribution in [0, 0.1) is 6.92 Å². The van der Waals surface area contributed by atoms with E-state index < -0.39 is 0 Å². The van der Waals surface area contributed by atoms with Crippen LogP contribution in [0.5, 0.6) is 0 Å².